The number of nitrogens with zero attached hydrogens (tertiary/aromatic N) is 1. The molecule has 0 aromatic rings. The highest BCUT2D eigenvalue weighted by Gasteiger charge is 2.16. The molecule has 0 fully saturated rings. The van der Waals surface area contributed by atoms with Crippen molar-refractivity contribution >= 4 is 0 Å². The molecule has 0 saturated carbocycles. The van der Waals surface area contributed by atoms with Crippen LogP contribution in [0.15, 0.2) is 24.6 Å². The Labute approximate surface area is 138 Å². The van der Waals surface area contributed by atoms with E-state index in [9.17, 15) is 0 Å². The lowest BCUT2D eigenvalue weighted by atomic mass is 10.1. The van der Waals surface area contributed by atoms with E-state index in [1.165, 1.54) is 70.6 Å². The number of unbranched alkanes of at least 4 members (excludes halogenated alkanes) is 8. The second-order valence-corrected chi connectivity index (χ2v) is 6.34. The van der Waals surface area contributed by atoms with Gasteiger partial charge in [-0.1, -0.05) is 57.6 Å². The highest BCUT2D eigenvalue weighted by Crippen LogP contribution is 2.12. The molecule has 0 radical (unpaired) electrons. The topological polar surface area (TPSA) is 41.3 Å². The zero-order valence-electron chi connectivity index (χ0n) is 14.6. The predicted molar refractivity (Wildman–Crippen MR) is 97.4 cm³/mol. The van der Waals surface area contributed by atoms with Gasteiger partial charge in [-0.05, 0) is 32.1 Å². The minimum Gasteiger partial charge on any atom is -0.370 e. The Balaban J connectivity index is 1.88. The van der Waals surface area contributed by atoms with Crippen LogP contribution in [-0.4, -0.2) is 24.2 Å². The summed E-state index contributed by atoms with van der Waals surface area (Å²) in [5, 5.41) is 3.40. The molecule has 0 amide bonds. The van der Waals surface area contributed by atoms with Gasteiger partial charge in [0.05, 0.1) is 6.17 Å². The monoisotopic (exact) mass is 307 g/mol. The van der Waals surface area contributed by atoms with Crippen molar-refractivity contribution in [1.29, 1.82) is 0 Å². The summed E-state index contributed by atoms with van der Waals surface area (Å²) >= 11 is 0. The maximum atomic E-state index is 5.62. The minimum absolute atomic E-state index is 0.458. The average Bonchev–Trinajstić information content (AvgIpc) is 2.96. The van der Waals surface area contributed by atoms with E-state index in [4.69, 9.17) is 5.73 Å². The Kier molecular flexibility index (Phi) is 11.9. The van der Waals surface area contributed by atoms with Crippen molar-refractivity contribution in [2.75, 3.05) is 13.1 Å². The number of allylic oxidation sites excluding steroid dienone is 2. The normalized spacial score (nSPS) is 17.5. The molecule has 1 unspecified atom stereocenters. The third kappa shape index (κ3) is 9.14. The van der Waals surface area contributed by atoms with E-state index in [-0.39, 0.29) is 0 Å². The summed E-state index contributed by atoms with van der Waals surface area (Å²) in [6.07, 6.45) is 24.1. The Hall–Kier alpha value is -0.960. The first kappa shape index (κ1) is 19.1. The molecule has 1 heterocycles. The fourth-order valence-corrected chi connectivity index (χ4v) is 2.96. The van der Waals surface area contributed by atoms with Crippen LogP contribution in [0.3, 0.4) is 0 Å². The summed E-state index contributed by atoms with van der Waals surface area (Å²) < 4.78 is 0. The molecule has 0 aromatic carbocycles. The van der Waals surface area contributed by atoms with Crippen LogP contribution in [-0.2, 0) is 0 Å². The van der Waals surface area contributed by atoms with Crippen LogP contribution in [0.25, 0.3) is 0 Å². The van der Waals surface area contributed by atoms with Gasteiger partial charge in [-0.2, -0.15) is 0 Å². The maximum absolute atomic E-state index is 5.62. The Bertz CT molecular complexity index is 299. The molecule has 0 saturated heterocycles. The molecule has 1 aliphatic rings. The van der Waals surface area contributed by atoms with Gasteiger partial charge in [-0.25, -0.2) is 0 Å². The van der Waals surface area contributed by atoms with Crippen molar-refractivity contribution < 1.29 is 0 Å². The van der Waals surface area contributed by atoms with Crippen LogP contribution in [0, 0.1) is 0 Å². The van der Waals surface area contributed by atoms with E-state index >= 15 is 0 Å². The van der Waals surface area contributed by atoms with Crippen LogP contribution in [0.5, 0.6) is 0 Å². The van der Waals surface area contributed by atoms with Gasteiger partial charge in [0.2, 0.25) is 0 Å². The van der Waals surface area contributed by atoms with E-state index in [0.717, 1.165) is 13.1 Å². The molecule has 1 rings (SSSR count). The molecule has 3 heteroatoms. The molecule has 3 nitrogen and oxygen atoms in total. The van der Waals surface area contributed by atoms with Gasteiger partial charge >= 0.3 is 0 Å². The third-order valence-electron chi connectivity index (χ3n) is 4.33. The largest absolute Gasteiger partial charge is 0.370 e. The highest BCUT2D eigenvalue weighted by molar-refractivity contribution is 4.94. The molecule has 0 spiro atoms. The van der Waals surface area contributed by atoms with E-state index < -0.39 is 0 Å². The van der Waals surface area contributed by atoms with Crippen LogP contribution in [0.4, 0.5) is 0 Å². The fourth-order valence-electron chi connectivity index (χ4n) is 2.96. The standard InChI is InChI=1S/C19H37N3/c1-2-3-4-5-6-7-8-9-10-11-12-13-14-19-21-16-18-22(19)17-15-20/h10-11,16,18-19,21H,2-9,12-15,17,20H2,1H3/b11-10+. The van der Waals surface area contributed by atoms with Crippen LogP contribution in [0.1, 0.15) is 77.6 Å². The number of rotatable bonds is 14. The predicted octanol–water partition coefficient (Wildman–Crippen LogP) is 4.51. The van der Waals surface area contributed by atoms with E-state index in [2.05, 4.69) is 35.5 Å². The van der Waals surface area contributed by atoms with Gasteiger partial charge in [-0.15, -0.1) is 0 Å². The van der Waals surface area contributed by atoms with E-state index in [1.54, 1.807) is 0 Å². The summed E-state index contributed by atoms with van der Waals surface area (Å²) in [6, 6.07) is 0. The summed E-state index contributed by atoms with van der Waals surface area (Å²) in [5.74, 6) is 0. The first-order valence-corrected chi connectivity index (χ1v) is 9.42. The maximum Gasteiger partial charge on any atom is 0.0981 e. The molecule has 3 N–H and O–H groups in total. The van der Waals surface area contributed by atoms with Crippen molar-refractivity contribution in [3.63, 3.8) is 0 Å². The Morgan fingerprint density at radius 2 is 1.68 bits per heavy atom. The molecule has 1 atom stereocenters. The zero-order chi connectivity index (χ0) is 15.9. The molecule has 0 bridgehead atoms. The third-order valence-corrected chi connectivity index (χ3v) is 4.33. The quantitative estimate of drug-likeness (QED) is 0.366. The highest BCUT2D eigenvalue weighted by atomic mass is 15.3. The van der Waals surface area contributed by atoms with Crippen LogP contribution in [0.2, 0.25) is 0 Å². The van der Waals surface area contributed by atoms with Crippen LogP contribution >= 0.6 is 0 Å². The minimum atomic E-state index is 0.458. The van der Waals surface area contributed by atoms with Crippen molar-refractivity contribution in [3.8, 4) is 0 Å². The average molecular weight is 308 g/mol. The first-order valence-electron chi connectivity index (χ1n) is 9.42. The molecule has 1 aliphatic heterocycles. The van der Waals surface area contributed by atoms with Gasteiger partial charge in [0.15, 0.2) is 0 Å². The second-order valence-electron chi connectivity index (χ2n) is 6.34. The van der Waals surface area contributed by atoms with Crippen molar-refractivity contribution in [2.45, 2.75) is 83.7 Å². The van der Waals surface area contributed by atoms with Gasteiger partial charge in [0.25, 0.3) is 0 Å². The smallest absolute Gasteiger partial charge is 0.0981 e. The van der Waals surface area contributed by atoms with Crippen LogP contribution < -0.4 is 11.1 Å². The SMILES string of the molecule is CCCCCCCCC/C=C/CCCC1NC=CN1CCN. The number of nitrogens with one attached hydrogen (secondary N) is 1. The Morgan fingerprint density at radius 3 is 2.41 bits per heavy atom. The van der Waals surface area contributed by atoms with E-state index in [1.807, 2.05) is 6.20 Å². The van der Waals surface area contributed by atoms with Gasteiger partial charge < -0.3 is 16.0 Å². The number of hydrogen-bond donors (Lipinski definition) is 2. The van der Waals surface area contributed by atoms with Crippen molar-refractivity contribution in [2.24, 2.45) is 5.73 Å². The second kappa shape index (κ2) is 13.7. The summed E-state index contributed by atoms with van der Waals surface area (Å²) in [5.41, 5.74) is 5.62. The van der Waals surface area contributed by atoms with Crippen molar-refractivity contribution in [3.05, 3.63) is 24.6 Å². The lowest BCUT2D eigenvalue weighted by molar-refractivity contribution is 0.267. The summed E-state index contributed by atoms with van der Waals surface area (Å²) in [4.78, 5) is 2.31. The van der Waals surface area contributed by atoms with Gasteiger partial charge in [0, 0.05) is 25.5 Å². The molecular formula is C19H37N3. The lowest BCUT2D eigenvalue weighted by Crippen LogP contribution is -2.37. The number of hydrogen-bond acceptors (Lipinski definition) is 3. The van der Waals surface area contributed by atoms with Gasteiger partial charge in [0.1, 0.15) is 0 Å². The molecule has 0 aliphatic carbocycles. The number of nitrogens with two attached hydrogens (primary N) is 1. The Morgan fingerprint density at radius 1 is 1.00 bits per heavy atom. The molecule has 0 aromatic heterocycles. The summed E-state index contributed by atoms with van der Waals surface area (Å²) in [7, 11) is 0. The molecular weight excluding hydrogens is 270 g/mol. The zero-order valence-corrected chi connectivity index (χ0v) is 14.6. The van der Waals surface area contributed by atoms with E-state index in [0.29, 0.717) is 6.17 Å². The summed E-state index contributed by atoms with van der Waals surface area (Å²) in [6.45, 7) is 3.95. The van der Waals surface area contributed by atoms with Gasteiger partial charge in [-0.3, -0.25) is 0 Å². The molecule has 128 valence electrons. The first-order chi connectivity index (χ1) is 10.9. The van der Waals surface area contributed by atoms with Crippen molar-refractivity contribution in [1.82, 2.24) is 10.2 Å². The lowest BCUT2D eigenvalue weighted by Gasteiger charge is -2.24. The molecule has 22 heavy (non-hydrogen) atoms. The fraction of sp³-hybridized carbons (Fsp3) is 0.789.